The number of nitrogens with two attached hydrogens (primary N) is 1. The molecule has 1 saturated heterocycles. The molecule has 3 N–H and O–H groups in total. The minimum atomic E-state index is 0. The van der Waals surface area contributed by atoms with Crippen LogP contribution in [0.2, 0.25) is 0 Å². The second-order valence-electron chi connectivity index (χ2n) is 7.72. The lowest BCUT2D eigenvalue weighted by Gasteiger charge is -2.44. The lowest BCUT2D eigenvalue weighted by atomic mass is 9.88. The van der Waals surface area contributed by atoms with E-state index in [4.69, 9.17) is 10.5 Å². The van der Waals surface area contributed by atoms with Gasteiger partial charge in [-0.3, -0.25) is 9.89 Å². The van der Waals surface area contributed by atoms with Gasteiger partial charge in [0, 0.05) is 30.4 Å². The van der Waals surface area contributed by atoms with E-state index in [2.05, 4.69) is 42.9 Å². The maximum absolute atomic E-state index is 6.07. The van der Waals surface area contributed by atoms with Crippen molar-refractivity contribution < 1.29 is 4.74 Å². The number of benzene rings is 1. The molecule has 1 aliphatic heterocycles. The molecule has 0 aromatic heterocycles. The van der Waals surface area contributed by atoms with E-state index in [9.17, 15) is 0 Å². The van der Waals surface area contributed by atoms with E-state index >= 15 is 0 Å². The van der Waals surface area contributed by atoms with Crippen molar-refractivity contribution in [1.29, 1.82) is 0 Å². The van der Waals surface area contributed by atoms with Crippen LogP contribution in [-0.4, -0.2) is 43.1 Å². The highest BCUT2D eigenvalue weighted by Gasteiger charge is 2.32. The second kappa shape index (κ2) is 9.62. The Labute approximate surface area is 169 Å². The van der Waals surface area contributed by atoms with Crippen LogP contribution in [0, 0.1) is 11.8 Å². The maximum Gasteiger partial charge on any atom is 0.193 e. The summed E-state index contributed by atoms with van der Waals surface area (Å²) in [5.41, 5.74) is 6.95. The standard InChI is InChI=1S/C19H32N4O.HI/c1-14-9-15(2)12-23(11-14)19(3,4)13-21-18(20)22-16-7-6-8-17(10-16)24-5;/h6-8,10,14-15H,9,11-13H2,1-5H3,(H3,20,21,22);1H. The molecule has 0 aliphatic carbocycles. The van der Waals surface area contributed by atoms with Crippen molar-refractivity contribution >= 4 is 35.6 Å². The highest BCUT2D eigenvalue weighted by atomic mass is 127. The van der Waals surface area contributed by atoms with Crippen LogP contribution in [-0.2, 0) is 0 Å². The first-order valence-corrected chi connectivity index (χ1v) is 8.76. The summed E-state index contributed by atoms with van der Waals surface area (Å²) < 4.78 is 5.22. The predicted molar refractivity (Wildman–Crippen MR) is 117 cm³/mol. The summed E-state index contributed by atoms with van der Waals surface area (Å²) in [6.07, 6.45) is 1.31. The van der Waals surface area contributed by atoms with Gasteiger partial charge >= 0.3 is 0 Å². The van der Waals surface area contributed by atoms with Crippen LogP contribution in [0.25, 0.3) is 0 Å². The van der Waals surface area contributed by atoms with Gasteiger partial charge in [0.05, 0.1) is 13.7 Å². The summed E-state index contributed by atoms with van der Waals surface area (Å²) in [6, 6.07) is 7.68. The quantitative estimate of drug-likeness (QED) is 0.399. The van der Waals surface area contributed by atoms with Crippen molar-refractivity contribution in [1.82, 2.24) is 4.90 Å². The number of nitrogens with zero attached hydrogens (tertiary/aromatic N) is 2. The number of anilines is 1. The lowest BCUT2D eigenvalue weighted by Crippen LogP contribution is -2.52. The van der Waals surface area contributed by atoms with Crippen LogP contribution in [0.5, 0.6) is 5.75 Å². The zero-order chi connectivity index (χ0) is 17.7. The minimum absolute atomic E-state index is 0. The Morgan fingerprint density at radius 3 is 2.56 bits per heavy atom. The van der Waals surface area contributed by atoms with Gasteiger partial charge in [-0.2, -0.15) is 0 Å². The molecule has 2 unspecified atom stereocenters. The van der Waals surface area contributed by atoms with Gasteiger partial charge in [-0.15, -0.1) is 24.0 Å². The van der Waals surface area contributed by atoms with E-state index in [0.29, 0.717) is 12.5 Å². The molecule has 25 heavy (non-hydrogen) atoms. The number of piperidine rings is 1. The molecule has 1 heterocycles. The fourth-order valence-corrected chi connectivity index (χ4v) is 3.42. The summed E-state index contributed by atoms with van der Waals surface area (Å²) in [6.45, 7) is 12.1. The SMILES string of the molecule is COc1cccc(NC(N)=NCC(C)(C)N2CC(C)CC(C)C2)c1.I. The first-order chi connectivity index (χ1) is 11.3. The molecule has 0 amide bonds. The number of aliphatic imine (C=N–C) groups is 1. The molecule has 0 spiro atoms. The van der Waals surface area contributed by atoms with Crippen molar-refractivity contribution in [2.75, 3.05) is 32.1 Å². The zero-order valence-corrected chi connectivity index (χ0v) is 18.4. The van der Waals surface area contributed by atoms with E-state index in [1.807, 2.05) is 24.3 Å². The van der Waals surface area contributed by atoms with E-state index < -0.39 is 0 Å². The summed E-state index contributed by atoms with van der Waals surface area (Å²) >= 11 is 0. The molecular weight excluding hydrogens is 427 g/mol. The molecule has 1 fully saturated rings. The third-order valence-corrected chi connectivity index (χ3v) is 4.70. The van der Waals surface area contributed by atoms with E-state index in [0.717, 1.165) is 36.4 Å². The fraction of sp³-hybridized carbons (Fsp3) is 0.632. The fourth-order valence-electron chi connectivity index (χ4n) is 3.42. The first kappa shape index (κ1) is 22.0. The number of likely N-dealkylation sites (tertiary alicyclic amines) is 1. The highest BCUT2D eigenvalue weighted by molar-refractivity contribution is 14.0. The lowest BCUT2D eigenvalue weighted by molar-refractivity contribution is 0.0513. The topological polar surface area (TPSA) is 62.9 Å². The number of hydrogen-bond acceptors (Lipinski definition) is 3. The van der Waals surface area contributed by atoms with E-state index in [1.54, 1.807) is 7.11 Å². The minimum Gasteiger partial charge on any atom is -0.497 e. The van der Waals surface area contributed by atoms with Crippen LogP contribution in [0.1, 0.15) is 34.1 Å². The van der Waals surface area contributed by atoms with E-state index in [1.165, 1.54) is 6.42 Å². The number of ether oxygens (including phenoxy) is 1. The molecule has 1 aliphatic rings. The third kappa shape index (κ3) is 6.66. The Morgan fingerprint density at radius 2 is 1.96 bits per heavy atom. The largest absolute Gasteiger partial charge is 0.497 e. The Bertz CT molecular complexity index is 566. The zero-order valence-electron chi connectivity index (χ0n) is 16.1. The Morgan fingerprint density at radius 1 is 1.32 bits per heavy atom. The van der Waals surface area contributed by atoms with Gasteiger partial charge in [0.15, 0.2) is 5.96 Å². The summed E-state index contributed by atoms with van der Waals surface area (Å²) in [4.78, 5) is 7.12. The van der Waals surface area contributed by atoms with Crippen molar-refractivity contribution in [3.05, 3.63) is 24.3 Å². The average Bonchev–Trinajstić information content (AvgIpc) is 2.52. The molecule has 5 nitrogen and oxygen atoms in total. The summed E-state index contributed by atoms with van der Waals surface area (Å²) in [7, 11) is 1.65. The molecule has 142 valence electrons. The van der Waals surface area contributed by atoms with Crippen LogP contribution >= 0.6 is 24.0 Å². The van der Waals surface area contributed by atoms with Gasteiger partial charge in [0.2, 0.25) is 0 Å². The second-order valence-corrected chi connectivity index (χ2v) is 7.72. The molecule has 2 atom stereocenters. The van der Waals surface area contributed by atoms with Gasteiger partial charge in [-0.05, 0) is 44.2 Å². The van der Waals surface area contributed by atoms with Gasteiger partial charge < -0.3 is 15.8 Å². The normalized spacial score (nSPS) is 22.2. The van der Waals surface area contributed by atoms with Gasteiger partial charge in [-0.25, -0.2) is 0 Å². The van der Waals surface area contributed by atoms with Crippen LogP contribution in [0.4, 0.5) is 5.69 Å². The Kier molecular flexibility index (Phi) is 8.47. The van der Waals surface area contributed by atoms with Crippen molar-refractivity contribution in [3.63, 3.8) is 0 Å². The van der Waals surface area contributed by atoms with Crippen LogP contribution in [0.15, 0.2) is 29.3 Å². The smallest absolute Gasteiger partial charge is 0.193 e. The number of halogens is 1. The average molecular weight is 460 g/mol. The third-order valence-electron chi connectivity index (χ3n) is 4.70. The van der Waals surface area contributed by atoms with E-state index in [-0.39, 0.29) is 29.5 Å². The number of nitrogens with one attached hydrogen (secondary N) is 1. The first-order valence-electron chi connectivity index (χ1n) is 8.76. The summed E-state index contributed by atoms with van der Waals surface area (Å²) in [5, 5.41) is 3.14. The van der Waals surface area contributed by atoms with Gasteiger partial charge in [-0.1, -0.05) is 19.9 Å². The Balaban J connectivity index is 0.00000312. The predicted octanol–water partition coefficient (Wildman–Crippen LogP) is 3.80. The number of rotatable bonds is 5. The van der Waals surface area contributed by atoms with Crippen molar-refractivity contribution in [2.45, 2.75) is 39.7 Å². The summed E-state index contributed by atoms with van der Waals surface area (Å²) in [5.74, 6) is 2.72. The molecule has 0 saturated carbocycles. The number of guanidine groups is 1. The molecular formula is C19H33IN4O. The number of hydrogen-bond donors (Lipinski definition) is 2. The highest BCUT2D eigenvalue weighted by Crippen LogP contribution is 2.27. The molecule has 0 bridgehead atoms. The van der Waals surface area contributed by atoms with Crippen LogP contribution < -0.4 is 15.8 Å². The maximum atomic E-state index is 6.07. The molecule has 1 aromatic rings. The molecule has 0 radical (unpaired) electrons. The van der Waals surface area contributed by atoms with Crippen molar-refractivity contribution in [2.24, 2.45) is 22.6 Å². The number of methoxy groups -OCH3 is 1. The molecule has 6 heteroatoms. The van der Waals surface area contributed by atoms with Gasteiger partial charge in [0.25, 0.3) is 0 Å². The molecule has 1 aromatic carbocycles. The van der Waals surface area contributed by atoms with Crippen molar-refractivity contribution in [3.8, 4) is 5.75 Å². The van der Waals surface area contributed by atoms with Gasteiger partial charge in [0.1, 0.15) is 5.75 Å². The monoisotopic (exact) mass is 460 g/mol. The van der Waals surface area contributed by atoms with Crippen LogP contribution in [0.3, 0.4) is 0 Å². The Hall–Kier alpha value is -1.02. The molecule has 2 rings (SSSR count).